The Bertz CT molecular complexity index is 413. The molecule has 1 fully saturated rings. The fourth-order valence-electron chi connectivity index (χ4n) is 2.39. The van der Waals surface area contributed by atoms with Crippen LogP contribution in [0.4, 0.5) is 11.6 Å². The van der Waals surface area contributed by atoms with Crippen molar-refractivity contribution in [1.82, 2.24) is 9.97 Å². The first-order chi connectivity index (χ1) is 8.65. The lowest BCUT2D eigenvalue weighted by Gasteiger charge is -2.33. The molecular formula is C14H24N4. The Labute approximate surface area is 110 Å². The van der Waals surface area contributed by atoms with Crippen LogP contribution in [0.3, 0.4) is 0 Å². The normalized spacial score (nSPS) is 15.5. The molecule has 1 saturated carbocycles. The zero-order valence-electron chi connectivity index (χ0n) is 11.7. The lowest BCUT2D eigenvalue weighted by atomic mass is 9.85. The molecule has 0 amide bonds. The molecule has 1 heterocycles. The van der Waals surface area contributed by atoms with E-state index in [4.69, 9.17) is 5.73 Å². The maximum Gasteiger partial charge on any atom is 0.137 e. The van der Waals surface area contributed by atoms with Crippen LogP contribution >= 0.6 is 0 Å². The van der Waals surface area contributed by atoms with Crippen molar-refractivity contribution < 1.29 is 0 Å². The molecule has 18 heavy (non-hydrogen) atoms. The summed E-state index contributed by atoms with van der Waals surface area (Å²) in [4.78, 5) is 11.3. The van der Waals surface area contributed by atoms with Gasteiger partial charge in [0.1, 0.15) is 17.5 Å². The first kappa shape index (κ1) is 13.1. The predicted molar refractivity (Wildman–Crippen MR) is 75.8 cm³/mol. The summed E-state index contributed by atoms with van der Waals surface area (Å²) in [6.07, 6.45) is 4.93. The van der Waals surface area contributed by atoms with Crippen LogP contribution in [0.1, 0.15) is 44.5 Å². The third-order valence-electron chi connectivity index (χ3n) is 3.90. The second kappa shape index (κ2) is 5.55. The molecule has 0 bridgehead atoms. The summed E-state index contributed by atoms with van der Waals surface area (Å²) in [5.74, 6) is 3.35. The minimum absolute atomic E-state index is 0.629. The number of anilines is 2. The summed E-state index contributed by atoms with van der Waals surface area (Å²) in [7, 11) is 0. The molecule has 0 aromatic carbocycles. The zero-order chi connectivity index (χ0) is 13.1. The van der Waals surface area contributed by atoms with Crippen molar-refractivity contribution >= 4 is 11.6 Å². The van der Waals surface area contributed by atoms with Crippen molar-refractivity contribution in [1.29, 1.82) is 0 Å². The molecule has 4 nitrogen and oxygen atoms in total. The predicted octanol–water partition coefficient (Wildman–Crippen LogP) is 2.56. The summed E-state index contributed by atoms with van der Waals surface area (Å²) in [5.41, 5.74) is 7.01. The first-order valence-electron chi connectivity index (χ1n) is 7.03. The lowest BCUT2D eigenvalue weighted by Crippen LogP contribution is -2.34. The number of rotatable bonds is 5. The average Bonchev–Trinajstić information content (AvgIpc) is 2.32. The maximum atomic E-state index is 5.99. The molecule has 1 aliphatic carbocycles. The van der Waals surface area contributed by atoms with Crippen molar-refractivity contribution in [3.63, 3.8) is 0 Å². The topological polar surface area (TPSA) is 55.0 Å². The van der Waals surface area contributed by atoms with Gasteiger partial charge in [0.2, 0.25) is 0 Å². The number of hydrogen-bond acceptors (Lipinski definition) is 4. The Morgan fingerprint density at radius 3 is 2.50 bits per heavy atom. The highest BCUT2D eigenvalue weighted by atomic mass is 15.2. The van der Waals surface area contributed by atoms with Gasteiger partial charge in [-0.15, -0.1) is 0 Å². The number of nitrogens with zero attached hydrogens (tertiary/aromatic N) is 3. The summed E-state index contributed by atoms with van der Waals surface area (Å²) in [6, 6.07) is 0. The van der Waals surface area contributed by atoms with E-state index in [-0.39, 0.29) is 0 Å². The highest BCUT2D eigenvalue weighted by Crippen LogP contribution is 2.30. The molecule has 0 unspecified atom stereocenters. The number of nitrogen functional groups attached to an aromatic ring is 1. The van der Waals surface area contributed by atoms with Crippen LogP contribution < -0.4 is 10.6 Å². The summed E-state index contributed by atoms with van der Waals surface area (Å²) >= 11 is 0. The van der Waals surface area contributed by atoms with E-state index in [0.29, 0.717) is 5.82 Å². The minimum atomic E-state index is 0.629. The number of nitrogens with two attached hydrogens (primary N) is 1. The fourth-order valence-corrected chi connectivity index (χ4v) is 2.39. The SMILES string of the molecule is CCc1nc(N)c(C)c(N(CC)CC2CCC2)n1. The molecule has 2 N–H and O–H groups in total. The van der Waals surface area contributed by atoms with Crippen LogP contribution in [-0.4, -0.2) is 23.1 Å². The fraction of sp³-hybridized carbons (Fsp3) is 0.714. The molecule has 0 saturated heterocycles. The largest absolute Gasteiger partial charge is 0.383 e. The van der Waals surface area contributed by atoms with Crippen molar-refractivity contribution in [3.8, 4) is 0 Å². The third-order valence-corrected chi connectivity index (χ3v) is 3.90. The monoisotopic (exact) mass is 248 g/mol. The molecular weight excluding hydrogens is 224 g/mol. The van der Waals surface area contributed by atoms with E-state index < -0.39 is 0 Å². The van der Waals surface area contributed by atoms with Crippen molar-refractivity contribution in [3.05, 3.63) is 11.4 Å². The van der Waals surface area contributed by atoms with Crippen LogP contribution in [0.2, 0.25) is 0 Å². The zero-order valence-corrected chi connectivity index (χ0v) is 11.7. The highest BCUT2D eigenvalue weighted by molar-refractivity contribution is 5.56. The lowest BCUT2D eigenvalue weighted by molar-refractivity contribution is 0.318. The van der Waals surface area contributed by atoms with Crippen LogP contribution in [0.15, 0.2) is 0 Å². The van der Waals surface area contributed by atoms with Crippen LogP contribution in [0, 0.1) is 12.8 Å². The van der Waals surface area contributed by atoms with Crippen LogP contribution in [0.25, 0.3) is 0 Å². The molecule has 1 aliphatic rings. The van der Waals surface area contributed by atoms with Crippen molar-refractivity contribution in [2.45, 2.75) is 46.5 Å². The first-order valence-corrected chi connectivity index (χ1v) is 7.03. The smallest absolute Gasteiger partial charge is 0.137 e. The molecule has 1 aromatic rings. The van der Waals surface area contributed by atoms with Gasteiger partial charge < -0.3 is 10.6 Å². The van der Waals surface area contributed by atoms with Crippen molar-refractivity contribution in [2.75, 3.05) is 23.7 Å². The number of hydrogen-bond donors (Lipinski definition) is 1. The van der Waals surface area contributed by atoms with E-state index in [9.17, 15) is 0 Å². The maximum absolute atomic E-state index is 5.99. The van der Waals surface area contributed by atoms with Gasteiger partial charge in [0.05, 0.1) is 0 Å². The summed E-state index contributed by atoms with van der Waals surface area (Å²) in [5, 5.41) is 0. The van der Waals surface area contributed by atoms with Gasteiger partial charge in [0, 0.05) is 25.1 Å². The van der Waals surface area contributed by atoms with Crippen molar-refractivity contribution in [2.24, 2.45) is 5.92 Å². The standard InChI is InChI=1S/C14H24N4/c1-4-12-16-13(15)10(3)14(17-12)18(5-2)9-11-7-6-8-11/h11H,4-9H2,1-3H3,(H2,15,16,17). The Morgan fingerprint density at radius 2 is 2.00 bits per heavy atom. The van der Waals surface area contributed by atoms with E-state index in [2.05, 4.69) is 28.7 Å². The Hall–Kier alpha value is -1.32. The molecule has 1 aromatic heterocycles. The average molecular weight is 248 g/mol. The Morgan fingerprint density at radius 1 is 1.28 bits per heavy atom. The molecule has 2 rings (SSSR count). The number of aryl methyl sites for hydroxylation is 1. The van der Waals surface area contributed by atoms with Gasteiger partial charge in [0.25, 0.3) is 0 Å². The number of aromatic nitrogens is 2. The summed E-state index contributed by atoms with van der Waals surface area (Å²) < 4.78 is 0. The molecule has 0 spiro atoms. The van der Waals surface area contributed by atoms with Gasteiger partial charge in [-0.25, -0.2) is 9.97 Å². The van der Waals surface area contributed by atoms with Crippen LogP contribution in [-0.2, 0) is 6.42 Å². The van der Waals surface area contributed by atoms with E-state index in [1.807, 2.05) is 6.92 Å². The van der Waals surface area contributed by atoms with Crippen LogP contribution in [0.5, 0.6) is 0 Å². The van der Waals surface area contributed by atoms with E-state index in [1.54, 1.807) is 0 Å². The van der Waals surface area contributed by atoms with Gasteiger partial charge >= 0.3 is 0 Å². The van der Waals surface area contributed by atoms with Gasteiger partial charge in [-0.2, -0.15) is 0 Å². The van der Waals surface area contributed by atoms with Gasteiger partial charge in [-0.05, 0) is 32.6 Å². The van der Waals surface area contributed by atoms with E-state index in [0.717, 1.165) is 42.6 Å². The Kier molecular flexibility index (Phi) is 4.04. The molecule has 4 heteroatoms. The summed E-state index contributed by atoms with van der Waals surface area (Å²) in [6.45, 7) is 8.36. The molecule has 100 valence electrons. The minimum Gasteiger partial charge on any atom is -0.383 e. The van der Waals surface area contributed by atoms with Gasteiger partial charge in [-0.3, -0.25) is 0 Å². The molecule has 0 radical (unpaired) electrons. The van der Waals surface area contributed by atoms with E-state index >= 15 is 0 Å². The highest BCUT2D eigenvalue weighted by Gasteiger charge is 2.22. The van der Waals surface area contributed by atoms with E-state index in [1.165, 1.54) is 19.3 Å². The second-order valence-corrected chi connectivity index (χ2v) is 5.16. The van der Waals surface area contributed by atoms with Gasteiger partial charge in [0.15, 0.2) is 0 Å². The molecule has 0 atom stereocenters. The Balaban J connectivity index is 2.24. The third kappa shape index (κ3) is 2.57. The second-order valence-electron chi connectivity index (χ2n) is 5.16. The quantitative estimate of drug-likeness (QED) is 0.870. The van der Waals surface area contributed by atoms with Gasteiger partial charge in [-0.1, -0.05) is 13.3 Å². The molecule has 0 aliphatic heterocycles.